The fourth-order valence-corrected chi connectivity index (χ4v) is 3.68. The summed E-state index contributed by atoms with van der Waals surface area (Å²) < 4.78 is 5.82. The van der Waals surface area contributed by atoms with Crippen LogP contribution in [0.1, 0.15) is 5.69 Å². The Hall–Kier alpha value is -2.21. The number of aliphatic carboxylic acids is 1. The van der Waals surface area contributed by atoms with E-state index < -0.39 is 29.5 Å². The molecule has 1 amide bonds. The number of amides is 1. The van der Waals surface area contributed by atoms with Gasteiger partial charge in [-0.1, -0.05) is 18.2 Å². The predicted molar refractivity (Wildman–Crippen MR) is 71.0 cm³/mol. The molecule has 2 fully saturated rings. The molecular formula is C15H14N2O4. The molecule has 21 heavy (non-hydrogen) atoms. The van der Waals surface area contributed by atoms with Gasteiger partial charge >= 0.3 is 5.97 Å². The molecule has 1 aromatic rings. The number of hydrogen-bond acceptors (Lipinski definition) is 4. The van der Waals surface area contributed by atoms with E-state index in [-0.39, 0.29) is 5.91 Å². The average molecular weight is 286 g/mol. The van der Waals surface area contributed by atoms with Crippen LogP contribution >= 0.6 is 0 Å². The Morgan fingerprint density at radius 1 is 1.52 bits per heavy atom. The van der Waals surface area contributed by atoms with Crippen molar-refractivity contribution in [3.05, 3.63) is 42.2 Å². The van der Waals surface area contributed by atoms with Gasteiger partial charge in [-0.2, -0.15) is 0 Å². The van der Waals surface area contributed by atoms with E-state index in [4.69, 9.17) is 4.74 Å². The highest BCUT2D eigenvalue weighted by atomic mass is 16.5. The molecule has 1 N–H and O–H groups in total. The Kier molecular flexibility index (Phi) is 2.47. The zero-order valence-corrected chi connectivity index (χ0v) is 11.2. The van der Waals surface area contributed by atoms with Gasteiger partial charge in [0, 0.05) is 6.20 Å². The van der Waals surface area contributed by atoms with Gasteiger partial charge in [-0.3, -0.25) is 14.6 Å². The highest BCUT2D eigenvalue weighted by Gasteiger charge is 2.66. The number of carboxylic acid groups (broad SMARTS) is 1. The number of aromatic nitrogens is 1. The lowest BCUT2D eigenvalue weighted by Crippen LogP contribution is -2.39. The highest BCUT2D eigenvalue weighted by molar-refractivity contribution is 5.90. The van der Waals surface area contributed by atoms with Crippen molar-refractivity contribution in [2.24, 2.45) is 11.8 Å². The smallest absolute Gasteiger partial charge is 0.310 e. The molecule has 108 valence electrons. The third-order valence-electron chi connectivity index (χ3n) is 4.54. The largest absolute Gasteiger partial charge is 0.481 e. The number of hydrogen-bond donors (Lipinski definition) is 1. The van der Waals surface area contributed by atoms with Gasteiger partial charge in [-0.15, -0.1) is 0 Å². The molecule has 0 saturated carbocycles. The van der Waals surface area contributed by atoms with E-state index in [1.807, 2.05) is 24.3 Å². The van der Waals surface area contributed by atoms with Gasteiger partial charge in [0.1, 0.15) is 11.5 Å². The summed E-state index contributed by atoms with van der Waals surface area (Å²) in [7, 11) is 0. The highest BCUT2D eigenvalue weighted by Crippen LogP contribution is 2.51. The minimum atomic E-state index is -0.968. The van der Waals surface area contributed by atoms with Crippen molar-refractivity contribution < 1.29 is 19.4 Å². The molecular weight excluding hydrogens is 272 g/mol. The van der Waals surface area contributed by atoms with Gasteiger partial charge in [-0.05, 0) is 12.1 Å². The zero-order chi connectivity index (χ0) is 14.6. The van der Waals surface area contributed by atoms with E-state index in [0.29, 0.717) is 13.1 Å². The maximum atomic E-state index is 12.6. The summed E-state index contributed by atoms with van der Waals surface area (Å²) >= 11 is 0. The standard InChI is InChI=1S/C15H14N2O4/c18-13-12-11(14(19)20)10-4-5-15(12,21-10)8-17(13)7-9-3-1-2-6-16-9/h1-6,10-12H,7-8H2,(H,19,20)/t10-,11-,12+,15-/m1/s1. The summed E-state index contributed by atoms with van der Waals surface area (Å²) in [5.74, 6) is -2.52. The molecule has 3 aliphatic heterocycles. The SMILES string of the molecule is O=C(O)[C@H]1[C@H]2C(=O)N(Cc3ccccn3)C[C@]23C=C[C@H]1O3. The lowest BCUT2D eigenvalue weighted by molar-refractivity contribution is -0.148. The van der Waals surface area contributed by atoms with Crippen molar-refractivity contribution >= 4 is 11.9 Å². The maximum absolute atomic E-state index is 12.6. The topological polar surface area (TPSA) is 79.7 Å². The summed E-state index contributed by atoms with van der Waals surface area (Å²) in [6.45, 7) is 0.774. The number of carbonyl (C=O) groups is 2. The number of likely N-dealkylation sites (tertiary alicyclic amines) is 1. The van der Waals surface area contributed by atoms with Crippen LogP contribution in [0.2, 0.25) is 0 Å². The predicted octanol–water partition coefficient (Wildman–Crippen LogP) is 0.448. The number of carbonyl (C=O) groups excluding carboxylic acids is 1. The van der Waals surface area contributed by atoms with E-state index >= 15 is 0 Å². The summed E-state index contributed by atoms with van der Waals surface area (Å²) in [6, 6.07) is 5.53. The first-order valence-corrected chi connectivity index (χ1v) is 6.89. The van der Waals surface area contributed by atoms with Gasteiger partial charge in [0.2, 0.25) is 5.91 Å². The van der Waals surface area contributed by atoms with Crippen molar-refractivity contribution in [1.29, 1.82) is 0 Å². The molecule has 6 heteroatoms. The number of fused-ring (bicyclic) bond motifs is 1. The van der Waals surface area contributed by atoms with Crippen LogP contribution in [-0.2, 0) is 20.9 Å². The summed E-state index contributed by atoms with van der Waals surface area (Å²) in [5.41, 5.74) is 0.0205. The molecule has 3 aliphatic rings. The normalized spacial score (nSPS) is 36.3. The van der Waals surface area contributed by atoms with Crippen LogP contribution < -0.4 is 0 Å². The molecule has 4 heterocycles. The van der Waals surface area contributed by atoms with E-state index in [9.17, 15) is 14.7 Å². The van der Waals surface area contributed by atoms with E-state index in [1.165, 1.54) is 0 Å². The van der Waals surface area contributed by atoms with Gasteiger partial charge in [0.25, 0.3) is 0 Å². The second kappa shape index (κ2) is 4.14. The number of carboxylic acids is 1. The Bertz CT molecular complexity index is 644. The Balaban J connectivity index is 1.63. The van der Waals surface area contributed by atoms with Gasteiger partial charge in [0.05, 0.1) is 30.8 Å². The van der Waals surface area contributed by atoms with Crippen LogP contribution in [0.3, 0.4) is 0 Å². The molecule has 0 radical (unpaired) electrons. The molecule has 0 unspecified atom stereocenters. The second-order valence-corrected chi connectivity index (χ2v) is 5.75. The van der Waals surface area contributed by atoms with Crippen molar-refractivity contribution in [1.82, 2.24) is 9.88 Å². The third kappa shape index (κ3) is 1.65. The lowest BCUT2D eigenvalue weighted by atomic mass is 9.77. The molecule has 6 nitrogen and oxygen atoms in total. The van der Waals surface area contributed by atoms with Crippen molar-refractivity contribution in [2.75, 3.05) is 6.54 Å². The molecule has 1 spiro atoms. The number of rotatable bonds is 3. The first-order valence-electron chi connectivity index (χ1n) is 6.89. The van der Waals surface area contributed by atoms with Crippen LogP contribution in [0.25, 0.3) is 0 Å². The van der Waals surface area contributed by atoms with Crippen LogP contribution in [-0.4, -0.2) is 45.1 Å². The van der Waals surface area contributed by atoms with E-state index in [2.05, 4.69) is 4.98 Å². The number of ether oxygens (including phenoxy) is 1. The van der Waals surface area contributed by atoms with E-state index in [0.717, 1.165) is 5.69 Å². The lowest BCUT2D eigenvalue weighted by Gasteiger charge is -2.21. The number of pyridine rings is 1. The zero-order valence-electron chi connectivity index (χ0n) is 11.2. The van der Waals surface area contributed by atoms with Crippen molar-refractivity contribution in [2.45, 2.75) is 18.2 Å². The molecule has 2 saturated heterocycles. The van der Waals surface area contributed by atoms with Gasteiger partial charge in [-0.25, -0.2) is 0 Å². The quantitative estimate of drug-likeness (QED) is 0.816. The van der Waals surface area contributed by atoms with Crippen molar-refractivity contribution in [3.8, 4) is 0 Å². The van der Waals surface area contributed by atoms with Crippen LogP contribution in [0.5, 0.6) is 0 Å². The van der Waals surface area contributed by atoms with E-state index in [1.54, 1.807) is 17.2 Å². The Labute approximate surface area is 121 Å². The number of nitrogens with zero attached hydrogens (tertiary/aromatic N) is 2. The molecule has 0 aliphatic carbocycles. The minimum absolute atomic E-state index is 0.153. The van der Waals surface area contributed by atoms with Crippen molar-refractivity contribution in [3.63, 3.8) is 0 Å². The first kappa shape index (κ1) is 12.5. The summed E-state index contributed by atoms with van der Waals surface area (Å²) in [5, 5.41) is 9.38. The monoisotopic (exact) mass is 286 g/mol. The maximum Gasteiger partial charge on any atom is 0.310 e. The molecule has 2 bridgehead atoms. The molecule has 4 atom stereocenters. The minimum Gasteiger partial charge on any atom is -0.481 e. The first-order chi connectivity index (χ1) is 10.1. The summed E-state index contributed by atoms with van der Waals surface area (Å²) in [6.07, 6.45) is 4.83. The average Bonchev–Trinajstić information content (AvgIpc) is 3.09. The van der Waals surface area contributed by atoms with Gasteiger partial charge < -0.3 is 14.7 Å². The third-order valence-corrected chi connectivity index (χ3v) is 4.54. The summed E-state index contributed by atoms with van der Waals surface area (Å²) in [4.78, 5) is 29.9. The van der Waals surface area contributed by atoms with Crippen LogP contribution in [0.15, 0.2) is 36.5 Å². The Morgan fingerprint density at radius 2 is 2.38 bits per heavy atom. The fraction of sp³-hybridized carbons (Fsp3) is 0.400. The fourth-order valence-electron chi connectivity index (χ4n) is 3.68. The second-order valence-electron chi connectivity index (χ2n) is 5.75. The van der Waals surface area contributed by atoms with Gasteiger partial charge in [0.15, 0.2) is 0 Å². The van der Waals surface area contributed by atoms with Crippen LogP contribution in [0.4, 0.5) is 0 Å². The molecule has 4 rings (SSSR count). The molecule has 1 aromatic heterocycles. The van der Waals surface area contributed by atoms with Crippen LogP contribution in [0, 0.1) is 11.8 Å². The Morgan fingerprint density at radius 3 is 3.10 bits per heavy atom. The molecule has 0 aromatic carbocycles.